The number of fused-ring (bicyclic) bond motifs is 1. The maximum atomic E-state index is 4.58. The van der Waals surface area contributed by atoms with Crippen molar-refractivity contribution in [1.82, 2.24) is 29.5 Å². The van der Waals surface area contributed by atoms with Gasteiger partial charge < -0.3 is 5.32 Å². The molecule has 1 N–H and O–H groups in total. The second-order valence-electron chi connectivity index (χ2n) is 5.44. The molecule has 0 atom stereocenters. The number of aryl methyl sites for hydroxylation is 2. The quantitative estimate of drug-likeness (QED) is 0.800. The van der Waals surface area contributed by atoms with Crippen molar-refractivity contribution in [2.75, 3.05) is 5.32 Å². The van der Waals surface area contributed by atoms with Crippen LogP contribution in [0.1, 0.15) is 31.3 Å². The molecule has 0 aliphatic rings. The fourth-order valence-corrected chi connectivity index (χ4v) is 2.53. The van der Waals surface area contributed by atoms with Gasteiger partial charge >= 0.3 is 0 Å². The highest BCUT2D eigenvalue weighted by atomic mass is 15.3. The van der Waals surface area contributed by atoms with Gasteiger partial charge in [0.15, 0.2) is 5.65 Å². The Bertz CT molecular complexity index is 797. The summed E-state index contributed by atoms with van der Waals surface area (Å²) < 4.78 is 3.75. The predicted octanol–water partition coefficient (Wildman–Crippen LogP) is 2.50. The molecule has 0 aliphatic carbocycles. The SMILES string of the molecule is Cc1nn(C(C)C)c(C)c1Nc1ncnc2c1cnn2C. The predicted molar refractivity (Wildman–Crippen MR) is 81.7 cm³/mol. The lowest BCUT2D eigenvalue weighted by Gasteiger charge is -2.10. The molecule has 7 nitrogen and oxygen atoms in total. The van der Waals surface area contributed by atoms with Gasteiger partial charge in [-0.05, 0) is 27.7 Å². The van der Waals surface area contributed by atoms with Crippen LogP contribution in [0.5, 0.6) is 0 Å². The van der Waals surface area contributed by atoms with Crippen LogP contribution in [-0.2, 0) is 7.05 Å². The molecule has 0 saturated heterocycles. The van der Waals surface area contributed by atoms with Crippen molar-refractivity contribution in [3.63, 3.8) is 0 Å². The molecule has 110 valence electrons. The lowest BCUT2D eigenvalue weighted by atomic mass is 10.3. The molecular formula is C14H19N7. The third kappa shape index (κ3) is 2.14. The van der Waals surface area contributed by atoms with Crippen molar-refractivity contribution in [2.24, 2.45) is 7.05 Å². The summed E-state index contributed by atoms with van der Waals surface area (Å²) in [6, 6.07) is 0.322. The largest absolute Gasteiger partial charge is 0.337 e. The number of nitrogens with zero attached hydrogens (tertiary/aromatic N) is 6. The van der Waals surface area contributed by atoms with Gasteiger partial charge in [0.1, 0.15) is 12.1 Å². The Morgan fingerprint density at radius 2 is 1.95 bits per heavy atom. The third-order valence-corrected chi connectivity index (χ3v) is 3.59. The molecule has 21 heavy (non-hydrogen) atoms. The molecule has 3 aromatic heterocycles. The van der Waals surface area contributed by atoms with Crippen LogP contribution in [0.4, 0.5) is 11.5 Å². The lowest BCUT2D eigenvalue weighted by Crippen LogP contribution is -2.05. The van der Waals surface area contributed by atoms with Gasteiger partial charge in [0.2, 0.25) is 0 Å². The van der Waals surface area contributed by atoms with E-state index < -0.39 is 0 Å². The summed E-state index contributed by atoms with van der Waals surface area (Å²) >= 11 is 0. The minimum Gasteiger partial charge on any atom is -0.337 e. The van der Waals surface area contributed by atoms with E-state index in [9.17, 15) is 0 Å². The van der Waals surface area contributed by atoms with Crippen LogP contribution in [0, 0.1) is 13.8 Å². The molecule has 3 heterocycles. The zero-order chi connectivity index (χ0) is 15.1. The molecule has 3 rings (SSSR count). The molecule has 0 amide bonds. The molecule has 0 radical (unpaired) electrons. The molecule has 7 heteroatoms. The van der Waals surface area contributed by atoms with E-state index in [0.29, 0.717) is 6.04 Å². The first kappa shape index (κ1) is 13.5. The minimum atomic E-state index is 0.322. The van der Waals surface area contributed by atoms with E-state index in [2.05, 4.69) is 46.3 Å². The van der Waals surface area contributed by atoms with Crippen LogP contribution in [0.2, 0.25) is 0 Å². The lowest BCUT2D eigenvalue weighted by molar-refractivity contribution is 0.516. The average Bonchev–Trinajstić information content (AvgIpc) is 2.95. The molecular weight excluding hydrogens is 266 g/mol. The summed E-state index contributed by atoms with van der Waals surface area (Å²) in [4.78, 5) is 8.59. The van der Waals surface area contributed by atoms with Crippen LogP contribution in [0.25, 0.3) is 11.0 Å². The number of nitrogens with one attached hydrogen (secondary N) is 1. The van der Waals surface area contributed by atoms with E-state index in [4.69, 9.17) is 0 Å². The Labute approximate surface area is 123 Å². The minimum absolute atomic E-state index is 0.322. The Morgan fingerprint density at radius 3 is 2.62 bits per heavy atom. The standard InChI is InChI=1S/C14H19N7/c1-8(2)21-10(4)12(9(3)19-21)18-13-11-6-17-20(5)14(11)16-7-15-13/h6-8H,1-5H3,(H,15,16,18). The molecule has 0 aliphatic heterocycles. The molecule has 0 saturated carbocycles. The second kappa shape index (κ2) is 4.83. The zero-order valence-corrected chi connectivity index (χ0v) is 12.9. The van der Waals surface area contributed by atoms with Gasteiger partial charge in [-0.2, -0.15) is 10.2 Å². The van der Waals surface area contributed by atoms with Gasteiger partial charge in [0.25, 0.3) is 0 Å². The first-order valence-corrected chi connectivity index (χ1v) is 6.94. The Morgan fingerprint density at radius 1 is 1.19 bits per heavy atom. The zero-order valence-electron chi connectivity index (χ0n) is 12.9. The highest BCUT2D eigenvalue weighted by Crippen LogP contribution is 2.28. The smallest absolute Gasteiger partial charge is 0.163 e. The van der Waals surface area contributed by atoms with Crippen molar-refractivity contribution >= 4 is 22.5 Å². The first-order chi connectivity index (χ1) is 9.99. The monoisotopic (exact) mass is 285 g/mol. The van der Waals surface area contributed by atoms with E-state index in [1.54, 1.807) is 17.2 Å². The molecule has 0 aromatic carbocycles. The number of aromatic nitrogens is 6. The van der Waals surface area contributed by atoms with E-state index in [1.807, 2.05) is 18.7 Å². The number of hydrogen-bond acceptors (Lipinski definition) is 5. The molecule has 0 fully saturated rings. The van der Waals surface area contributed by atoms with Gasteiger partial charge in [-0.15, -0.1) is 0 Å². The van der Waals surface area contributed by atoms with Gasteiger partial charge in [-0.1, -0.05) is 0 Å². The highest BCUT2D eigenvalue weighted by molar-refractivity contribution is 5.88. The highest BCUT2D eigenvalue weighted by Gasteiger charge is 2.16. The molecule has 0 unspecified atom stereocenters. The van der Waals surface area contributed by atoms with Crippen molar-refractivity contribution < 1.29 is 0 Å². The normalized spacial score (nSPS) is 11.5. The van der Waals surface area contributed by atoms with E-state index in [-0.39, 0.29) is 0 Å². The summed E-state index contributed by atoms with van der Waals surface area (Å²) in [6.45, 7) is 8.29. The third-order valence-electron chi connectivity index (χ3n) is 3.59. The Balaban J connectivity index is 2.07. The summed E-state index contributed by atoms with van der Waals surface area (Å²) in [6.07, 6.45) is 3.32. The van der Waals surface area contributed by atoms with Crippen molar-refractivity contribution in [3.05, 3.63) is 23.9 Å². The van der Waals surface area contributed by atoms with Crippen LogP contribution in [-0.4, -0.2) is 29.5 Å². The summed E-state index contributed by atoms with van der Waals surface area (Å²) in [5, 5.41) is 13.1. The van der Waals surface area contributed by atoms with Crippen LogP contribution >= 0.6 is 0 Å². The fourth-order valence-electron chi connectivity index (χ4n) is 2.53. The molecule has 3 aromatic rings. The number of anilines is 2. The average molecular weight is 285 g/mol. The van der Waals surface area contributed by atoms with Crippen molar-refractivity contribution in [1.29, 1.82) is 0 Å². The number of rotatable bonds is 3. The van der Waals surface area contributed by atoms with Gasteiger partial charge in [-0.3, -0.25) is 9.36 Å². The van der Waals surface area contributed by atoms with Crippen molar-refractivity contribution in [2.45, 2.75) is 33.7 Å². The molecule has 0 spiro atoms. The van der Waals surface area contributed by atoms with Gasteiger partial charge in [0.05, 0.1) is 28.7 Å². The maximum Gasteiger partial charge on any atom is 0.163 e. The van der Waals surface area contributed by atoms with Gasteiger partial charge in [-0.25, -0.2) is 9.97 Å². The van der Waals surface area contributed by atoms with Crippen LogP contribution < -0.4 is 5.32 Å². The fraction of sp³-hybridized carbons (Fsp3) is 0.429. The van der Waals surface area contributed by atoms with Crippen molar-refractivity contribution in [3.8, 4) is 0 Å². The van der Waals surface area contributed by atoms with E-state index in [1.165, 1.54) is 0 Å². The maximum absolute atomic E-state index is 4.58. The van der Waals surface area contributed by atoms with Crippen LogP contribution in [0.15, 0.2) is 12.5 Å². The topological polar surface area (TPSA) is 73.5 Å². The van der Waals surface area contributed by atoms with Crippen LogP contribution in [0.3, 0.4) is 0 Å². The van der Waals surface area contributed by atoms with Gasteiger partial charge in [0, 0.05) is 13.1 Å². The first-order valence-electron chi connectivity index (χ1n) is 6.94. The second-order valence-corrected chi connectivity index (χ2v) is 5.44. The van der Waals surface area contributed by atoms with E-state index in [0.717, 1.165) is 33.9 Å². The number of hydrogen-bond donors (Lipinski definition) is 1. The summed E-state index contributed by atoms with van der Waals surface area (Å²) in [5.41, 5.74) is 3.85. The summed E-state index contributed by atoms with van der Waals surface area (Å²) in [5.74, 6) is 0.752. The Kier molecular flexibility index (Phi) is 3.12. The summed E-state index contributed by atoms with van der Waals surface area (Å²) in [7, 11) is 1.87. The Hall–Kier alpha value is -2.44. The van der Waals surface area contributed by atoms with E-state index >= 15 is 0 Å². The molecule has 0 bridgehead atoms.